The number of nitrogens with zero attached hydrogens (tertiary/aromatic N) is 2. The van der Waals surface area contributed by atoms with Gasteiger partial charge >= 0.3 is 0 Å². The van der Waals surface area contributed by atoms with Crippen LogP contribution in [0, 0.1) is 18.8 Å². The van der Waals surface area contributed by atoms with Crippen LogP contribution < -0.4 is 5.56 Å². The van der Waals surface area contributed by atoms with E-state index in [0.717, 1.165) is 11.1 Å². The van der Waals surface area contributed by atoms with E-state index in [1.165, 1.54) is 6.20 Å². The van der Waals surface area contributed by atoms with Gasteiger partial charge in [0, 0.05) is 50.4 Å². The quantitative estimate of drug-likeness (QED) is 0.821. The molecule has 2 heterocycles. The van der Waals surface area contributed by atoms with Gasteiger partial charge in [-0.25, -0.2) is 0 Å². The van der Waals surface area contributed by atoms with E-state index in [0.29, 0.717) is 38.2 Å². The van der Waals surface area contributed by atoms with Gasteiger partial charge in [-0.3, -0.25) is 14.7 Å². The Labute approximate surface area is 141 Å². The van der Waals surface area contributed by atoms with Crippen LogP contribution in [-0.4, -0.2) is 38.7 Å². The molecular formula is C19H21N3O2. The molecule has 124 valence electrons. The van der Waals surface area contributed by atoms with E-state index in [1.807, 2.05) is 31.2 Å². The summed E-state index contributed by atoms with van der Waals surface area (Å²) < 4.78 is 0. The van der Waals surface area contributed by atoms with Gasteiger partial charge in [-0.15, -0.1) is 0 Å². The maximum absolute atomic E-state index is 11.7. The lowest BCUT2D eigenvalue weighted by atomic mass is 9.91. The number of rotatable bonds is 2. The molecule has 0 atom stereocenters. The monoisotopic (exact) mass is 323 g/mol. The second-order valence-corrected chi connectivity index (χ2v) is 6.24. The van der Waals surface area contributed by atoms with Crippen molar-refractivity contribution in [2.45, 2.75) is 31.9 Å². The second-order valence-electron chi connectivity index (χ2n) is 6.24. The summed E-state index contributed by atoms with van der Waals surface area (Å²) in [7, 11) is 0. The van der Waals surface area contributed by atoms with Crippen LogP contribution in [0.3, 0.4) is 0 Å². The minimum absolute atomic E-state index is 0.155. The first-order chi connectivity index (χ1) is 11.6. The zero-order valence-corrected chi connectivity index (χ0v) is 13.7. The molecule has 1 fully saturated rings. The van der Waals surface area contributed by atoms with Gasteiger partial charge in [0.15, 0.2) is 0 Å². The lowest BCUT2D eigenvalue weighted by Crippen LogP contribution is -2.43. The molecule has 0 aliphatic carbocycles. The lowest BCUT2D eigenvalue weighted by Gasteiger charge is -2.34. The topological polar surface area (TPSA) is 69.2 Å². The van der Waals surface area contributed by atoms with Crippen LogP contribution in [0.5, 0.6) is 0 Å². The number of aryl methyl sites for hydroxylation is 1. The van der Waals surface area contributed by atoms with Crippen molar-refractivity contribution in [3.05, 3.63) is 63.8 Å². The Morgan fingerprint density at radius 2 is 2.08 bits per heavy atom. The number of hydrogen-bond acceptors (Lipinski definition) is 4. The Bertz CT molecular complexity index is 824. The van der Waals surface area contributed by atoms with Gasteiger partial charge in [0.05, 0.1) is 0 Å². The summed E-state index contributed by atoms with van der Waals surface area (Å²) in [5.41, 5.74) is 1.45. The van der Waals surface area contributed by atoms with E-state index in [2.05, 4.69) is 26.7 Å². The zero-order chi connectivity index (χ0) is 17.0. The van der Waals surface area contributed by atoms with E-state index in [9.17, 15) is 9.90 Å². The fourth-order valence-corrected chi connectivity index (χ4v) is 2.81. The lowest BCUT2D eigenvalue weighted by molar-refractivity contribution is 0.0242. The number of nitrogens with one attached hydrogen (secondary N) is 1. The third-order valence-electron chi connectivity index (χ3n) is 4.41. The van der Waals surface area contributed by atoms with Crippen LogP contribution in [0.1, 0.15) is 29.7 Å². The molecule has 0 unspecified atom stereocenters. The summed E-state index contributed by atoms with van der Waals surface area (Å²) in [6.07, 6.45) is 4.25. The van der Waals surface area contributed by atoms with E-state index in [1.54, 1.807) is 6.20 Å². The molecular weight excluding hydrogens is 302 g/mol. The van der Waals surface area contributed by atoms with E-state index >= 15 is 0 Å². The number of piperidine rings is 1. The SMILES string of the molecule is Cc1ccccc1C#CC1(O)CCN(Cc2ncc[nH]c2=O)CC1. The van der Waals surface area contributed by atoms with Gasteiger partial charge in [0.25, 0.3) is 5.56 Å². The molecule has 0 amide bonds. The molecule has 1 aliphatic rings. The van der Waals surface area contributed by atoms with Crippen molar-refractivity contribution in [1.82, 2.24) is 14.9 Å². The normalized spacial score (nSPS) is 17.1. The molecule has 0 saturated carbocycles. The zero-order valence-electron chi connectivity index (χ0n) is 13.7. The number of hydrogen-bond donors (Lipinski definition) is 2. The van der Waals surface area contributed by atoms with E-state index < -0.39 is 5.60 Å². The minimum atomic E-state index is -0.963. The van der Waals surface area contributed by atoms with Crippen molar-refractivity contribution >= 4 is 0 Å². The highest BCUT2D eigenvalue weighted by Crippen LogP contribution is 2.22. The van der Waals surface area contributed by atoms with Crippen molar-refractivity contribution < 1.29 is 5.11 Å². The standard InChI is InChI=1S/C19H21N3O2/c1-15-4-2-3-5-16(15)6-7-19(24)8-12-22(13-9-19)14-17-18(23)21-11-10-20-17/h2-5,10-11,24H,8-9,12-14H2,1H3,(H,21,23). The number of benzene rings is 1. The van der Waals surface area contributed by atoms with Crippen molar-refractivity contribution in [1.29, 1.82) is 0 Å². The molecule has 2 aromatic rings. The fraction of sp³-hybridized carbons (Fsp3) is 0.368. The Morgan fingerprint density at radius 1 is 1.33 bits per heavy atom. The van der Waals surface area contributed by atoms with Crippen molar-refractivity contribution in [2.75, 3.05) is 13.1 Å². The van der Waals surface area contributed by atoms with Crippen LogP contribution in [0.4, 0.5) is 0 Å². The highest BCUT2D eigenvalue weighted by atomic mass is 16.3. The minimum Gasteiger partial charge on any atom is -0.377 e. The highest BCUT2D eigenvalue weighted by Gasteiger charge is 2.30. The summed E-state index contributed by atoms with van der Waals surface area (Å²) in [6, 6.07) is 7.91. The van der Waals surface area contributed by atoms with E-state index in [-0.39, 0.29) is 5.56 Å². The van der Waals surface area contributed by atoms with Gasteiger partial charge in [-0.05, 0) is 18.6 Å². The summed E-state index contributed by atoms with van der Waals surface area (Å²) in [5.74, 6) is 6.16. The average Bonchev–Trinajstić information content (AvgIpc) is 2.58. The molecule has 5 nitrogen and oxygen atoms in total. The Kier molecular flexibility index (Phi) is 4.79. The molecule has 2 N–H and O–H groups in total. The highest BCUT2D eigenvalue weighted by molar-refractivity contribution is 5.41. The molecule has 5 heteroatoms. The molecule has 24 heavy (non-hydrogen) atoms. The number of aromatic amines is 1. The third-order valence-corrected chi connectivity index (χ3v) is 4.41. The molecule has 0 radical (unpaired) electrons. The number of likely N-dealkylation sites (tertiary alicyclic amines) is 1. The van der Waals surface area contributed by atoms with Crippen LogP contribution >= 0.6 is 0 Å². The first-order valence-corrected chi connectivity index (χ1v) is 8.12. The molecule has 0 spiro atoms. The van der Waals surface area contributed by atoms with Crippen LogP contribution in [0.2, 0.25) is 0 Å². The van der Waals surface area contributed by atoms with Crippen molar-refractivity contribution in [3.63, 3.8) is 0 Å². The van der Waals surface area contributed by atoms with Crippen LogP contribution in [0.15, 0.2) is 41.5 Å². The predicted octanol–water partition coefficient (Wildman–Crippen LogP) is 1.46. The number of aliphatic hydroxyl groups is 1. The van der Waals surface area contributed by atoms with Gasteiger partial charge in [-0.1, -0.05) is 30.0 Å². The molecule has 1 aromatic carbocycles. The molecule has 1 aromatic heterocycles. The Hall–Kier alpha value is -2.42. The molecule has 0 bridgehead atoms. The molecule has 1 aliphatic heterocycles. The Balaban J connectivity index is 1.63. The van der Waals surface area contributed by atoms with Crippen molar-refractivity contribution in [3.8, 4) is 11.8 Å². The average molecular weight is 323 g/mol. The van der Waals surface area contributed by atoms with E-state index in [4.69, 9.17) is 0 Å². The second kappa shape index (κ2) is 7.00. The van der Waals surface area contributed by atoms with Gasteiger partial charge in [0.2, 0.25) is 0 Å². The number of aromatic nitrogens is 2. The predicted molar refractivity (Wildman–Crippen MR) is 92.4 cm³/mol. The summed E-state index contributed by atoms with van der Waals surface area (Å²) in [5, 5.41) is 10.7. The molecule has 3 rings (SSSR count). The molecule has 1 saturated heterocycles. The summed E-state index contributed by atoms with van der Waals surface area (Å²) >= 11 is 0. The smallest absolute Gasteiger partial charge is 0.270 e. The maximum atomic E-state index is 11.7. The first-order valence-electron chi connectivity index (χ1n) is 8.12. The van der Waals surface area contributed by atoms with Gasteiger partial charge in [0.1, 0.15) is 11.3 Å². The fourth-order valence-electron chi connectivity index (χ4n) is 2.81. The third kappa shape index (κ3) is 3.91. The van der Waals surface area contributed by atoms with Crippen LogP contribution in [-0.2, 0) is 6.54 Å². The summed E-state index contributed by atoms with van der Waals surface area (Å²) in [6.45, 7) is 3.89. The van der Waals surface area contributed by atoms with Crippen LogP contribution in [0.25, 0.3) is 0 Å². The summed E-state index contributed by atoms with van der Waals surface area (Å²) in [4.78, 5) is 20.6. The van der Waals surface area contributed by atoms with Crippen molar-refractivity contribution in [2.24, 2.45) is 0 Å². The maximum Gasteiger partial charge on any atom is 0.270 e. The number of H-pyrrole nitrogens is 1. The Morgan fingerprint density at radius 3 is 2.79 bits per heavy atom. The van der Waals surface area contributed by atoms with Gasteiger partial charge in [-0.2, -0.15) is 0 Å². The largest absolute Gasteiger partial charge is 0.377 e. The first kappa shape index (κ1) is 16.4. The van der Waals surface area contributed by atoms with Gasteiger partial charge < -0.3 is 10.1 Å².